The molecule has 1 aromatic heterocycles. The monoisotopic (exact) mass is 393 g/mol. The highest BCUT2D eigenvalue weighted by Crippen LogP contribution is 2.28. The second-order valence-electron chi connectivity index (χ2n) is 5.77. The molecule has 0 spiro atoms. The van der Waals surface area contributed by atoms with Gasteiger partial charge in [-0.3, -0.25) is 14.9 Å². The molecule has 2 aromatic rings. The smallest absolute Gasteiger partial charge is 0.432 e. The number of amides is 2. The molecule has 0 unspecified atom stereocenters. The third-order valence-electron chi connectivity index (χ3n) is 4.16. The van der Waals surface area contributed by atoms with Crippen molar-refractivity contribution in [3.8, 4) is 0 Å². The Kier molecular flexibility index (Phi) is 4.65. The predicted molar refractivity (Wildman–Crippen MR) is 88.8 cm³/mol. The van der Waals surface area contributed by atoms with Crippen LogP contribution in [0.15, 0.2) is 18.2 Å². The van der Waals surface area contributed by atoms with Gasteiger partial charge in [-0.05, 0) is 6.07 Å². The third kappa shape index (κ3) is 3.20. The van der Waals surface area contributed by atoms with E-state index in [4.69, 9.17) is 5.11 Å². The molecule has 0 bridgehead atoms. The number of nitrogens with one attached hydrogen (secondary N) is 1. The standard InChI is InChI=1S/C15H12FN5O7/c16-8-2-1-3-10(21(27)28)11(8)13(22)17-12-7-6-19(14(23)24)5-4-9(7)20(18-12)15(25)26/h1-3H,4-6H2,(H,23,24)(H,25,26)(H,17,18,22). The zero-order valence-electron chi connectivity index (χ0n) is 14.0. The van der Waals surface area contributed by atoms with E-state index in [9.17, 15) is 34.0 Å². The minimum atomic E-state index is -1.46. The van der Waals surface area contributed by atoms with Gasteiger partial charge in [0.05, 0.1) is 17.2 Å². The Hall–Kier alpha value is -4.03. The van der Waals surface area contributed by atoms with Gasteiger partial charge in [0.25, 0.3) is 11.6 Å². The van der Waals surface area contributed by atoms with Gasteiger partial charge >= 0.3 is 12.2 Å². The molecule has 0 saturated carbocycles. The van der Waals surface area contributed by atoms with Crippen LogP contribution >= 0.6 is 0 Å². The molecule has 3 rings (SSSR count). The van der Waals surface area contributed by atoms with Crippen molar-refractivity contribution in [3.05, 3.63) is 51.0 Å². The van der Waals surface area contributed by atoms with E-state index < -0.39 is 40.1 Å². The quantitative estimate of drug-likeness (QED) is 0.523. The molecule has 0 radical (unpaired) electrons. The van der Waals surface area contributed by atoms with Crippen LogP contribution in [-0.2, 0) is 13.0 Å². The lowest BCUT2D eigenvalue weighted by Gasteiger charge is -2.24. The fourth-order valence-electron chi connectivity index (χ4n) is 2.90. The van der Waals surface area contributed by atoms with E-state index >= 15 is 0 Å². The summed E-state index contributed by atoms with van der Waals surface area (Å²) in [6.07, 6.45) is -2.69. The number of nitrogens with zero attached hydrogens (tertiary/aromatic N) is 4. The second-order valence-corrected chi connectivity index (χ2v) is 5.77. The van der Waals surface area contributed by atoms with Crippen molar-refractivity contribution in [1.82, 2.24) is 14.7 Å². The maximum Gasteiger partial charge on any atom is 0.432 e. The van der Waals surface area contributed by atoms with Crippen LogP contribution in [0.4, 0.5) is 25.5 Å². The number of hydrogen-bond donors (Lipinski definition) is 3. The molecule has 3 N–H and O–H groups in total. The van der Waals surface area contributed by atoms with E-state index in [2.05, 4.69) is 10.4 Å². The Morgan fingerprint density at radius 3 is 2.57 bits per heavy atom. The van der Waals surface area contributed by atoms with Crippen molar-refractivity contribution in [2.45, 2.75) is 13.0 Å². The van der Waals surface area contributed by atoms with Gasteiger partial charge in [0.1, 0.15) is 5.82 Å². The van der Waals surface area contributed by atoms with Gasteiger partial charge in [-0.15, -0.1) is 5.10 Å². The Balaban J connectivity index is 2.02. The summed E-state index contributed by atoms with van der Waals surface area (Å²) in [5.74, 6) is -2.67. The summed E-state index contributed by atoms with van der Waals surface area (Å²) in [7, 11) is 0. The molecule has 146 valence electrons. The number of anilines is 1. The van der Waals surface area contributed by atoms with Crippen LogP contribution in [-0.4, -0.2) is 54.5 Å². The number of nitro benzene ring substituents is 1. The zero-order chi connectivity index (χ0) is 20.6. The average Bonchev–Trinajstić information content (AvgIpc) is 2.99. The zero-order valence-corrected chi connectivity index (χ0v) is 14.0. The maximum atomic E-state index is 14.0. The predicted octanol–water partition coefficient (Wildman–Crippen LogP) is 1.74. The summed E-state index contributed by atoms with van der Waals surface area (Å²) in [5, 5.41) is 35.3. The summed E-state index contributed by atoms with van der Waals surface area (Å²) in [6.45, 7) is -0.236. The van der Waals surface area contributed by atoms with Crippen LogP contribution in [0.25, 0.3) is 0 Å². The molecular formula is C15H12FN5O7. The Labute approximate surface area is 154 Å². The normalized spacial score (nSPS) is 13.0. The number of carboxylic acid groups (broad SMARTS) is 2. The minimum Gasteiger partial charge on any atom is -0.465 e. The lowest BCUT2D eigenvalue weighted by molar-refractivity contribution is -0.385. The molecule has 0 saturated heterocycles. The SMILES string of the molecule is O=C(Nc1nn(C(=O)O)c2c1CN(C(=O)O)CC2)c1c(F)cccc1[N+](=O)[O-]. The minimum absolute atomic E-state index is 0.0213. The first-order valence-corrected chi connectivity index (χ1v) is 7.77. The first kappa shape index (κ1) is 18.8. The summed E-state index contributed by atoms with van der Waals surface area (Å²) in [6, 6.07) is 2.87. The highest BCUT2D eigenvalue weighted by Gasteiger charge is 2.32. The first-order valence-electron chi connectivity index (χ1n) is 7.77. The largest absolute Gasteiger partial charge is 0.465 e. The maximum absolute atomic E-state index is 14.0. The second kappa shape index (κ2) is 6.94. The van der Waals surface area contributed by atoms with E-state index in [0.717, 1.165) is 23.1 Å². The molecule has 2 amide bonds. The van der Waals surface area contributed by atoms with Crippen molar-refractivity contribution < 1.29 is 33.9 Å². The van der Waals surface area contributed by atoms with Gasteiger partial charge < -0.3 is 20.4 Å². The van der Waals surface area contributed by atoms with E-state index in [0.29, 0.717) is 4.68 Å². The van der Waals surface area contributed by atoms with Gasteiger partial charge in [0.2, 0.25) is 0 Å². The van der Waals surface area contributed by atoms with E-state index in [1.807, 2.05) is 0 Å². The van der Waals surface area contributed by atoms with E-state index in [-0.39, 0.29) is 36.6 Å². The lowest BCUT2D eigenvalue weighted by Crippen LogP contribution is -2.35. The highest BCUT2D eigenvalue weighted by atomic mass is 19.1. The van der Waals surface area contributed by atoms with Crippen LogP contribution in [0.2, 0.25) is 0 Å². The molecule has 1 aliphatic rings. The van der Waals surface area contributed by atoms with E-state index in [1.165, 1.54) is 0 Å². The number of carbonyl (C=O) groups is 3. The molecule has 0 fully saturated rings. The molecule has 0 aliphatic carbocycles. The number of aromatic nitrogens is 2. The molecule has 1 aromatic carbocycles. The van der Waals surface area contributed by atoms with Crippen molar-refractivity contribution in [2.24, 2.45) is 0 Å². The average molecular weight is 393 g/mol. The van der Waals surface area contributed by atoms with Gasteiger partial charge in [-0.1, -0.05) is 6.07 Å². The number of fused-ring (bicyclic) bond motifs is 1. The molecule has 1 aliphatic heterocycles. The molecular weight excluding hydrogens is 381 g/mol. The van der Waals surface area contributed by atoms with Gasteiger partial charge in [0, 0.05) is 24.6 Å². The first-order chi connectivity index (χ1) is 13.2. The van der Waals surface area contributed by atoms with Gasteiger partial charge in [-0.2, -0.15) is 4.68 Å². The molecule has 12 nitrogen and oxygen atoms in total. The summed E-state index contributed by atoms with van der Waals surface area (Å²) < 4.78 is 14.6. The van der Waals surface area contributed by atoms with Crippen molar-refractivity contribution in [3.63, 3.8) is 0 Å². The van der Waals surface area contributed by atoms with Crippen LogP contribution < -0.4 is 5.32 Å². The van der Waals surface area contributed by atoms with Crippen LogP contribution in [0.5, 0.6) is 0 Å². The molecule has 13 heteroatoms. The van der Waals surface area contributed by atoms with Crippen LogP contribution in [0.1, 0.15) is 21.6 Å². The summed E-state index contributed by atoms with van der Waals surface area (Å²) in [4.78, 5) is 46.1. The van der Waals surface area contributed by atoms with Gasteiger partial charge in [-0.25, -0.2) is 14.0 Å². The highest BCUT2D eigenvalue weighted by molar-refractivity contribution is 6.07. The Bertz CT molecular complexity index is 1020. The summed E-state index contributed by atoms with van der Waals surface area (Å²) >= 11 is 0. The van der Waals surface area contributed by atoms with Gasteiger partial charge in [0.15, 0.2) is 11.4 Å². The number of benzene rings is 1. The number of nitro groups is 1. The van der Waals surface area contributed by atoms with Crippen molar-refractivity contribution >= 4 is 29.6 Å². The number of halogens is 1. The number of rotatable bonds is 3. The Morgan fingerprint density at radius 1 is 1.25 bits per heavy atom. The molecule has 28 heavy (non-hydrogen) atoms. The van der Waals surface area contributed by atoms with Crippen LogP contribution in [0.3, 0.4) is 0 Å². The number of hydrogen-bond acceptors (Lipinski definition) is 6. The Morgan fingerprint density at radius 2 is 1.96 bits per heavy atom. The third-order valence-corrected chi connectivity index (χ3v) is 4.16. The molecule has 2 heterocycles. The molecule has 0 atom stereocenters. The fraction of sp³-hybridized carbons (Fsp3) is 0.200. The van der Waals surface area contributed by atoms with Crippen molar-refractivity contribution in [1.29, 1.82) is 0 Å². The number of carbonyl (C=O) groups excluding carboxylic acids is 1. The topological polar surface area (TPSA) is 168 Å². The van der Waals surface area contributed by atoms with Crippen molar-refractivity contribution in [2.75, 3.05) is 11.9 Å². The van der Waals surface area contributed by atoms with E-state index in [1.54, 1.807) is 0 Å². The summed E-state index contributed by atoms with van der Waals surface area (Å²) in [5.41, 5.74) is -1.35. The van der Waals surface area contributed by atoms with Crippen LogP contribution in [0, 0.1) is 15.9 Å². The fourth-order valence-corrected chi connectivity index (χ4v) is 2.90. The lowest BCUT2D eigenvalue weighted by atomic mass is 10.1.